The highest BCUT2D eigenvalue weighted by atomic mass is 19.1. The Hall–Kier alpha value is -4.45. The minimum Gasteiger partial charge on any atom is -0.490 e. The fraction of sp³-hybridized carbons (Fsp3) is 0.412. The number of carboxylic acid groups (broad SMARTS) is 1. The molecule has 2 aromatic carbocycles. The van der Waals surface area contributed by atoms with E-state index in [9.17, 15) is 19.1 Å². The molecule has 0 saturated heterocycles. The second kappa shape index (κ2) is 14.8. The quantitative estimate of drug-likeness (QED) is 0.222. The molecule has 46 heavy (non-hydrogen) atoms. The molecule has 0 bridgehead atoms. The third-order valence-electron chi connectivity index (χ3n) is 6.92. The average Bonchev–Trinajstić information content (AvgIpc) is 3.31. The number of hydrogen-bond donors (Lipinski definition) is 3. The molecule has 9 nitrogen and oxygen atoms in total. The van der Waals surface area contributed by atoms with Gasteiger partial charge < -0.3 is 20.3 Å². The number of nitrogens with zero attached hydrogens (tertiary/aromatic N) is 3. The maximum Gasteiger partial charge on any atom is 0.307 e. The molecule has 12 heteroatoms. The SMILES string of the molecule is CC.CC(C)(C)O.Cc1cc(CNC(=O)c2nn3c(-c4cc(F)c5c(c4C)CCCO5)c(CC(=O)O)c(C)nc3c2F)ccc1F. The predicted octanol–water partition coefficient (Wildman–Crippen LogP) is 6.42. The van der Waals surface area contributed by atoms with Crippen molar-refractivity contribution in [1.29, 1.82) is 0 Å². The van der Waals surface area contributed by atoms with E-state index < -0.39 is 41.2 Å². The molecule has 5 rings (SSSR count). The number of hydrogen-bond acceptors (Lipinski definition) is 6. The first-order valence-electron chi connectivity index (χ1n) is 15.1. The van der Waals surface area contributed by atoms with E-state index in [-0.39, 0.29) is 40.7 Å². The highest BCUT2D eigenvalue weighted by molar-refractivity contribution is 5.94. The van der Waals surface area contributed by atoms with Gasteiger partial charge in [-0.3, -0.25) is 9.59 Å². The summed E-state index contributed by atoms with van der Waals surface area (Å²) in [6, 6.07) is 5.56. The van der Waals surface area contributed by atoms with Crippen LogP contribution < -0.4 is 10.1 Å². The zero-order valence-electron chi connectivity index (χ0n) is 27.4. The number of ether oxygens (including phenoxy) is 1. The zero-order valence-corrected chi connectivity index (χ0v) is 27.4. The van der Waals surface area contributed by atoms with E-state index in [1.807, 2.05) is 13.8 Å². The van der Waals surface area contributed by atoms with Gasteiger partial charge in [0.2, 0.25) is 5.82 Å². The van der Waals surface area contributed by atoms with E-state index in [1.54, 1.807) is 40.7 Å². The second-order valence-corrected chi connectivity index (χ2v) is 11.7. The van der Waals surface area contributed by atoms with Gasteiger partial charge in [-0.25, -0.2) is 22.7 Å². The molecule has 2 aromatic heterocycles. The van der Waals surface area contributed by atoms with Crippen molar-refractivity contribution < 1.29 is 37.7 Å². The number of carboxylic acids is 1. The first kappa shape index (κ1) is 36.0. The summed E-state index contributed by atoms with van der Waals surface area (Å²) >= 11 is 0. The molecule has 1 aliphatic rings. The minimum atomic E-state index is -1.17. The van der Waals surface area contributed by atoms with Gasteiger partial charge in [0.15, 0.2) is 22.9 Å². The Bertz CT molecular complexity index is 1760. The van der Waals surface area contributed by atoms with Crippen LogP contribution in [-0.2, 0) is 24.2 Å². The summed E-state index contributed by atoms with van der Waals surface area (Å²) in [5.74, 6) is -3.89. The highest BCUT2D eigenvalue weighted by Gasteiger charge is 2.29. The summed E-state index contributed by atoms with van der Waals surface area (Å²) < 4.78 is 50.9. The summed E-state index contributed by atoms with van der Waals surface area (Å²) in [4.78, 5) is 28.9. The van der Waals surface area contributed by atoms with Crippen LogP contribution in [0.5, 0.6) is 5.75 Å². The molecule has 0 unspecified atom stereocenters. The molecule has 248 valence electrons. The van der Waals surface area contributed by atoms with Gasteiger partial charge in [0, 0.05) is 28.9 Å². The van der Waals surface area contributed by atoms with E-state index in [4.69, 9.17) is 9.84 Å². The number of rotatable bonds is 6. The van der Waals surface area contributed by atoms with Crippen molar-refractivity contribution in [3.05, 3.63) is 80.9 Å². The van der Waals surface area contributed by atoms with Crippen LogP contribution in [-0.4, -0.2) is 48.9 Å². The van der Waals surface area contributed by atoms with Crippen LogP contribution in [0, 0.1) is 38.2 Å². The van der Waals surface area contributed by atoms with Crippen molar-refractivity contribution in [2.24, 2.45) is 0 Å². The fourth-order valence-corrected chi connectivity index (χ4v) is 4.94. The lowest BCUT2D eigenvalue weighted by atomic mass is 9.91. The fourth-order valence-electron chi connectivity index (χ4n) is 4.94. The van der Waals surface area contributed by atoms with Gasteiger partial charge in [-0.15, -0.1) is 0 Å². The molecular formula is C34H41F3N4O5. The number of carbonyl (C=O) groups is 2. The predicted molar refractivity (Wildman–Crippen MR) is 169 cm³/mol. The third kappa shape index (κ3) is 8.22. The molecule has 0 aliphatic carbocycles. The van der Waals surface area contributed by atoms with Gasteiger partial charge >= 0.3 is 5.97 Å². The number of aryl methyl sites for hydroxylation is 2. The summed E-state index contributed by atoms with van der Waals surface area (Å²) in [6.45, 7) is 14.5. The lowest BCUT2D eigenvalue weighted by molar-refractivity contribution is -0.136. The zero-order chi connectivity index (χ0) is 34.5. The van der Waals surface area contributed by atoms with Crippen molar-refractivity contribution in [3.8, 4) is 17.0 Å². The topological polar surface area (TPSA) is 126 Å². The number of halogens is 3. The largest absolute Gasteiger partial charge is 0.490 e. The van der Waals surface area contributed by atoms with Gasteiger partial charge in [0.05, 0.1) is 24.3 Å². The number of amides is 1. The van der Waals surface area contributed by atoms with E-state index in [2.05, 4.69) is 15.4 Å². The number of fused-ring (bicyclic) bond motifs is 2. The van der Waals surface area contributed by atoms with Gasteiger partial charge in [-0.05, 0) is 83.2 Å². The summed E-state index contributed by atoms with van der Waals surface area (Å²) in [5, 5.41) is 24.9. The number of aromatic nitrogens is 3. The van der Waals surface area contributed by atoms with Gasteiger partial charge in [0.25, 0.3) is 5.91 Å². The maximum atomic E-state index is 15.6. The Kier molecular flexibility index (Phi) is 11.6. The van der Waals surface area contributed by atoms with Crippen LogP contribution in [0.3, 0.4) is 0 Å². The maximum absolute atomic E-state index is 15.6. The van der Waals surface area contributed by atoms with Gasteiger partial charge in [-0.1, -0.05) is 26.0 Å². The molecule has 3 N–H and O–H groups in total. The van der Waals surface area contributed by atoms with Crippen molar-refractivity contribution in [3.63, 3.8) is 0 Å². The van der Waals surface area contributed by atoms with Crippen LogP contribution in [0.4, 0.5) is 13.2 Å². The monoisotopic (exact) mass is 642 g/mol. The molecule has 0 saturated carbocycles. The summed E-state index contributed by atoms with van der Waals surface area (Å²) in [7, 11) is 0. The molecule has 3 heterocycles. The first-order valence-corrected chi connectivity index (χ1v) is 15.1. The van der Waals surface area contributed by atoms with E-state index in [1.165, 1.54) is 25.1 Å². The van der Waals surface area contributed by atoms with Crippen LogP contribution in [0.2, 0.25) is 0 Å². The normalized spacial score (nSPS) is 12.3. The Morgan fingerprint density at radius 3 is 2.33 bits per heavy atom. The average molecular weight is 643 g/mol. The van der Waals surface area contributed by atoms with Crippen molar-refractivity contribution >= 4 is 17.5 Å². The third-order valence-corrected chi connectivity index (χ3v) is 6.92. The van der Waals surface area contributed by atoms with E-state index in [0.29, 0.717) is 47.3 Å². The van der Waals surface area contributed by atoms with Gasteiger partial charge in [-0.2, -0.15) is 5.10 Å². The van der Waals surface area contributed by atoms with Crippen LogP contribution >= 0.6 is 0 Å². The van der Waals surface area contributed by atoms with Gasteiger partial charge in [0.1, 0.15) is 5.82 Å². The van der Waals surface area contributed by atoms with Crippen LogP contribution in [0.1, 0.15) is 85.0 Å². The number of benzene rings is 2. The molecular weight excluding hydrogens is 601 g/mol. The Balaban J connectivity index is 0.000000752. The molecule has 1 aliphatic heterocycles. The van der Waals surface area contributed by atoms with Crippen LogP contribution in [0.15, 0.2) is 24.3 Å². The molecule has 0 radical (unpaired) electrons. The van der Waals surface area contributed by atoms with Crippen molar-refractivity contribution in [2.75, 3.05) is 6.61 Å². The number of nitrogens with one attached hydrogen (secondary N) is 1. The summed E-state index contributed by atoms with van der Waals surface area (Å²) in [6.07, 6.45) is 0.751. The Labute approximate surface area is 266 Å². The first-order chi connectivity index (χ1) is 21.6. The smallest absolute Gasteiger partial charge is 0.307 e. The van der Waals surface area contributed by atoms with Crippen molar-refractivity contribution in [1.82, 2.24) is 19.9 Å². The molecule has 1 amide bonds. The number of aliphatic carboxylic acids is 1. The Morgan fingerprint density at radius 2 is 1.72 bits per heavy atom. The second-order valence-electron chi connectivity index (χ2n) is 11.7. The Morgan fingerprint density at radius 1 is 1.07 bits per heavy atom. The van der Waals surface area contributed by atoms with Crippen LogP contribution in [0.25, 0.3) is 16.9 Å². The number of carbonyl (C=O) groups excluding carboxylic acids is 1. The molecule has 0 fully saturated rings. The molecule has 0 spiro atoms. The minimum absolute atomic E-state index is 0.00795. The standard InChI is InChI=1S/C28H25F3N4O4.C4H10O.C2H6/c1-13-9-16(6-7-20(13)29)12-32-28(38)24-23(31)27-33-15(3)19(11-22(36)37)25(35(27)34-24)18-10-21(30)26-17(14(18)2)5-4-8-39-26;1-4(2,3)5;1-2/h6-7,9-10H,4-5,8,11-12H2,1-3H3,(H,32,38)(H,36,37);5H,1-3H3;1-2H3. The van der Waals surface area contributed by atoms with Crippen molar-refractivity contribution in [2.45, 2.75) is 86.8 Å². The highest BCUT2D eigenvalue weighted by Crippen LogP contribution is 2.39. The lowest BCUT2D eigenvalue weighted by Gasteiger charge is -2.23. The lowest BCUT2D eigenvalue weighted by Crippen LogP contribution is -2.24. The molecule has 0 atom stereocenters. The summed E-state index contributed by atoms with van der Waals surface area (Å²) in [5.41, 5.74) is 1.78. The van der Waals surface area contributed by atoms with E-state index >= 15 is 8.78 Å². The molecule has 4 aromatic rings. The van der Waals surface area contributed by atoms with E-state index in [0.717, 1.165) is 4.52 Å². The number of aliphatic hydroxyl groups is 1.